The van der Waals surface area contributed by atoms with Crippen LogP contribution in [0.15, 0.2) is 11.9 Å². The van der Waals surface area contributed by atoms with Crippen LogP contribution < -0.4 is 48.3 Å². The highest BCUT2D eigenvalue weighted by atomic mass is 16.3. The number of carbonyl (C=O) groups excluding carboxylic acids is 6. The first-order chi connectivity index (χ1) is 29.1. The molecule has 5 amide bonds. The number of aliphatic hydroxyl groups excluding tert-OH is 4. The zero-order valence-corrected chi connectivity index (χ0v) is 37.1. The molecule has 0 aliphatic carbocycles. The minimum absolute atomic E-state index is 0.0418. The number of rotatable bonds is 37. The van der Waals surface area contributed by atoms with Crippen molar-refractivity contribution in [2.24, 2.45) is 5.73 Å². The molecule has 1 aliphatic rings. The van der Waals surface area contributed by atoms with Gasteiger partial charge < -0.3 is 58.1 Å². The van der Waals surface area contributed by atoms with E-state index in [1.54, 1.807) is 6.20 Å². The fourth-order valence-electron chi connectivity index (χ4n) is 6.87. The number of nitrogens with two attached hydrogens (primary N) is 1. The van der Waals surface area contributed by atoms with Crippen LogP contribution >= 0.6 is 0 Å². The summed E-state index contributed by atoms with van der Waals surface area (Å²) in [5, 5.41) is 64.0. The van der Waals surface area contributed by atoms with Gasteiger partial charge in [0, 0.05) is 24.7 Å². The topological polar surface area (TPSA) is 306 Å². The molecule has 1 rings (SSSR count). The van der Waals surface area contributed by atoms with E-state index in [9.17, 15) is 49.2 Å². The van der Waals surface area contributed by atoms with Gasteiger partial charge in [-0.15, -0.1) is 0 Å². The Morgan fingerprint density at radius 1 is 0.721 bits per heavy atom. The van der Waals surface area contributed by atoms with Gasteiger partial charge in [-0.3, -0.25) is 39.4 Å². The highest BCUT2D eigenvalue weighted by molar-refractivity contribution is 5.90. The molecule has 14 N–H and O–H groups in total. The van der Waals surface area contributed by atoms with Crippen LogP contribution in [0.5, 0.6) is 0 Å². The van der Waals surface area contributed by atoms with Crippen molar-refractivity contribution in [3.05, 3.63) is 11.9 Å². The number of unbranched alkanes of at least 4 members (excludes halogenated alkanes) is 13. The van der Waals surface area contributed by atoms with E-state index in [1.165, 1.54) is 71.6 Å². The van der Waals surface area contributed by atoms with Gasteiger partial charge in [0.15, 0.2) is 5.78 Å². The number of ketones is 1. The summed E-state index contributed by atoms with van der Waals surface area (Å²) < 4.78 is 0. The molecule has 352 valence electrons. The van der Waals surface area contributed by atoms with Gasteiger partial charge in [-0.05, 0) is 26.7 Å². The van der Waals surface area contributed by atoms with Crippen LogP contribution in [0.2, 0.25) is 0 Å². The maximum Gasteiger partial charge on any atom is 0.240 e. The lowest BCUT2D eigenvalue weighted by molar-refractivity contribution is -0.132. The molecule has 0 spiro atoms. The highest BCUT2D eigenvalue weighted by Gasteiger charge is 2.35. The van der Waals surface area contributed by atoms with E-state index in [0.29, 0.717) is 31.6 Å². The van der Waals surface area contributed by atoms with Gasteiger partial charge in [-0.2, -0.15) is 0 Å². The summed E-state index contributed by atoms with van der Waals surface area (Å²) in [5.41, 5.74) is 5.98. The molecular weight excluding hydrogens is 791 g/mol. The van der Waals surface area contributed by atoms with Gasteiger partial charge in [-0.25, -0.2) is 0 Å². The number of carbonyl (C=O) groups is 6. The molecule has 0 radical (unpaired) electrons. The quantitative estimate of drug-likeness (QED) is 0.0289. The van der Waals surface area contributed by atoms with Gasteiger partial charge >= 0.3 is 0 Å². The standard InChI is InChI=1S/C42H79N9O10/c1-5-7-9-10-11-12-13-14-15-16-17-18-19-21-36(56)45-25-37(57)47-34(26-52)41(60)50-33(23-35(43)55)39(58)49-32(22-30-24-44-27-46-30)40(59)51-38(29(4)54)42(61)48-31(28(3)53)20-8-6-2/h24,29,31-34,38,40-41,44,46,50-52,54,59-60H,5-23,25-27H2,1-4H3,(H2,43,55)(H,45,56)(H,47,57)(H,48,61)(H,49,58)/t29?,31-,32-,33+,34-,38?,40?,41?/m0/s1. The molecule has 0 fully saturated rings. The number of aliphatic hydroxyl groups is 4. The Morgan fingerprint density at radius 3 is 1.80 bits per heavy atom. The van der Waals surface area contributed by atoms with Gasteiger partial charge in [-0.1, -0.05) is 104 Å². The Bertz CT molecular complexity index is 1340. The van der Waals surface area contributed by atoms with E-state index in [4.69, 9.17) is 5.73 Å². The lowest BCUT2D eigenvalue weighted by Gasteiger charge is -2.32. The Labute approximate surface area is 362 Å². The minimum atomic E-state index is -1.79. The third kappa shape index (κ3) is 25.0. The average molecular weight is 870 g/mol. The van der Waals surface area contributed by atoms with E-state index in [2.05, 4.69) is 49.5 Å². The molecule has 0 saturated carbocycles. The average Bonchev–Trinajstić information content (AvgIpc) is 3.73. The second kappa shape index (κ2) is 32.8. The van der Waals surface area contributed by atoms with Gasteiger partial charge in [0.25, 0.3) is 0 Å². The van der Waals surface area contributed by atoms with Crippen LogP contribution in [0.25, 0.3) is 0 Å². The van der Waals surface area contributed by atoms with E-state index < -0.39 is 92.0 Å². The Balaban J connectivity index is 2.77. The normalized spacial score (nSPS) is 16.3. The molecule has 4 unspecified atom stereocenters. The molecular formula is C42H79N9O10. The second-order valence-corrected chi connectivity index (χ2v) is 16.2. The lowest BCUT2D eigenvalue weighted by atomic mass is 10.0. The van der Waals surface area contributed by atoms with Crippen molar-refractivity contribution in [2.45, 2.75) is 198 Å². The molecule has 0 aromatic rings. The van der Waals surface area contributed by atoms with Crippen molar-refractivity contribution >= 4 is 35.3 Å². The molecule has 0 aromatic carbocycles. The lowest BCUT2D eigenvalue weighted by Crippen LogP contribution is -2.63. The summed E-state index contributed by atoms with van der Waals surface area (Å²) in [5.74, 6) is -3.92. The minimum Gasteiger partial charge on any atom is -0.394 e. The SMILES string of the molecule is CCCCCCCCCCCCCCCC(=O)NCC(=O)N[C@@H](CO)C(O)N[C@H](CC(N)=O)C(=O)N[C@@H](CC1=CNCN1)C(O)NC(C(=O)N[C@@H](CCCC)C(C)=O)C(C)O. The fraction of sp³-hybridized carbons (Fsp3) is 0.810. The number of hydrogen-bond donors (Lipinski definition) is 13. The maximum absolute atomic E-state index is 13.7. The third-order valence-electron chi connectivity index (χ3n) is 10.6. The van der Waals surface area contributed by atoms with Gasteiger partial charge in [0.2, 0.25) is 29.5 Å². The summed E-state index contributed by atoms with van der Waals surface area (Å²) in [6.07, 6.45) is 13.5. The Hall–Kier alpha value is -3.88. The fourth-order valence-corrected chi connectivity index (χ4v) is 6.87. The Kier molecular flexibility index (Phi) is 29.6. The largest absolute Gasteiger partial charge is 0.394 e. The molecule has 8 atom stereocenters. The number of nitrogens with one attached hydrogen (secondary N) is 8. The predicted molar refractivity (Wildman–Crippen MR) is 232 cm³/mol. The maximum atomic E-state index is 13.7. The van der Waals surface area contributed by atoms with Crippen LogP contribution in [0.3, 0.4) is 0 Å². The molecule has 0 bridgehead atoms. The summed E-state index contributed by atoms with van der Waals surface area (Å²) in [6.45, 7) is 5.97. The van der Waals surface area contributed by atoms with Crippen LogP contribution in [0.1, 0.15) is 150 Å². The monoisotopic (exact) mass is 870 g/mol. The summed E-state index contributed by atoms with van der Waals surface area (Å²) in [7, 11) is 0. The van der Waals surface area contributed by atoms with Crippen LogP contribution in [-0.4, -0.2) is 124 Å². The van der Waals surface area contributed by atoms with Crippen molar-refractivity contribution < 1.29 is 49.2 Å². The number of hydrogen-bond acceptors (Lipinski definition) is 14. The molecule has 19 heteroatoms. The predicted octanol–water partition coefficient (Wildman–Crippen LogP) is 0.00100. The van der Waals surface area contributed by atoms with Crippen molar-refractivity contribution in [1.82, 2.24) is 42.5 Å². The van der Waals surface area contributed by atoms with Crippen molar-refractivity contribution in [1.29, 1.82) is 0 Å². The zero-order chi connectivity index (χ0) is 45.6. The van der Waals surface area contributed by atoms with E-state index in [-0.39, 0.29) is 24.5 Å². The van der Waals surface area contributed by atoms with Crippen LogP contribution in [0, 0.1) is 0 Å². The highest BCUT2D eigenvalue weighted by Crippen LogP contribution is 2.14. The van der Waals surface area contributed by atoms with Crippen LogP contribution in [0.4, 0.5) is 0 Å². The van der Waals surface area contributed by atoms with E-state index in [0.717, 1.165) is 25.7 Å². The first-order valence-corrected chi connectivity index (χ1v) is 22.4. The molecule has 0 saturated heterocycles. The van der Waals surface area contributed by atoms with Crippen molar-refractivity contribution in [2.75, 3.05) is 19.8 Å². The summed E-state index contributed by atoms with van der Waals surface area (Å²) in [6, 6.07) is -6.35. The number of Topliss-reactive ketones (excluding diaryl/α,β-unsaturated/α-hetero) is 1. The Morgan fingerprint density at radius 2 is 1.30 bits per heavy atom. The zero-order valence-electron chi connectivity index (χ0n) is 37.1. The smallest absolute Gasteiger partial charge is 0.240 e. The summed E-state index contributed by atoms with van der Waals surface area (Å²) in [4.78, 5) is 76.2. The second-order valence-electron chi connectivity index (χ2n) is 16.2. The van der Waals surface area contributed by atoms with Crippen molar-refractivity contribution in [3.63, 3.8) is 0 Å². The first-order valence-electron chi connectivity index (χ1n) is 22.4. The van der Waals surface area contributed by atoms with Crippen molar-refractivity contribution in [3.8, 4) is 0 Å². The molecule has 19 nitrogen and oxygen atoms in total. The van der Waals surface area contributed by atoms with Crippen LogP contribution in [-0.2, 0) is 28.8 Å². The third-order valence-corrected chi connectivity index (χ3v) is 10.6. The first kappa shape index (κ1) is 55.1. The molecule has 1 heterocycles. The van der Waals surface area contributed by atoms with Gasteiger partial charge in [0.1, 0.15) is 18.5 Å². The number of amides is 5. The number of primary amides is 1. The molecule has 0 aromatic heterocycles. The molecule has 61 heavy (non-hydrogen) atoms. The van der Waals surface area contributed by atoms with Gasteiger partial charge in [0.05, 0.1) is 56.5 Å². The summed E-state index contributed by atoms with van der Waals surface area (Å²) >= 11 is 0. The molecule has 1 aliphatic heterocycles. The van der Waals surface area contributed by atoms with E-state index >= 15 is 0 Å². The van der Waals surface area contributed by atoms with E-state index in [1.807, 2.05) is 6.92 Å².